The third-order valence-electron chi connectivity index (χ3n) is 3.40. The Morgan fingerprint density at radius 2 is 2.12 bits per heavy atom. The number of carbonyl (C=O) groups is 2. The first-order valence-electron chi connectivity index (χ1n) is 7.71. The molecule has 9 heteroatoms. The van der Waals surface area contributed by atoms with Crippen molar-refractivity contribution in [3.05, 3.63) is 41.0 Å². The number of benzene rings is 1. The summed E-state index contributed by atoms with van der Waals surface area (Å²) in [6.07, 6.45) is 0.545. The molecule has 0 unspecified atom stereocenters. The van der Waals surface area contributed by atoms with E-state index in [1.54, 1.807) is 32.4 Å². The van der Waals surface area contributed by atoms with Gasteiger partial charge in [-0.3, -0.25) is 4.79 Å². The van der Waals surface area contributed by atoms with Crippen molar-refractivity contribution in [1.29, 1.82) is 0 Å². The highest BCUT2D eigenvalue weighted by Crippen LogP contribution is 2.16. The molecule has 0 radical (unpaired) electrons. The average molecular weight is 347 g/mol. The molecule has 0 atom stereocenters. The fraction of sp³-hybridized carbons (Fsp3) is 0.375. The molecule has 134 valence electrons. The smallest absolute Gasteiger partial charge is 0.319 e. The van der Waals surface area contributed by atoms with E-state index in [1.165, 1.54) is 0 Å². The minimum atomic E-state index is -0.410. The number of amides is 3. The number of carbonyl (C=O) groups excluding carboxylic acids is 2. The molecule has 1 aromatic carbocycles. The molecule has 0 aliphatic carbocycles. The van der Waals surface area contributed by atoms with Gasteiger partial charge >= 0.3 is 6.03 Å². The molecule has 0 saturated heterocycles. The van der Waals surface area contributed by atoms with Crippen LogP contribution in [0.15, 0.2) is 22.7 Å². The number of methoxy groups -OCH3 is 1. The third kappa shape index (κ3) is 5.28. The fourth-order valence-corrected chi connectivity index (χ4v) is 2.07. The Hall–Kier alpha value is -2.94. The first-order chi connectivity index (χ1) is 12.0. The summed E-state index contributed by atoms with van der Waals surface area (Å²) >= 11 is 0. The van der Waals surface area contributed by atoms with Crippen LogP contribution >= 0.6 is 0 Å². The van der Waals surface area contributed by atoms with Crippen LogP contribution in [-0.4, -0.2) is 42.8 Å². The molecule has 0 bridgehead atoms. The van der Waals surface area contributed by atoms with Crippen molar-refractivity contribution in [2.45, 2.75) is 19.9 Å². The molecule has 2 rings (SSSR count). The maximum Gasteiger partial charge on any atom is 0.319 e. The summed E-state index contributed by atoms with van der Waals surface area (Å²) in [7, 11) is 3.16. The number of aromatic nitrogens is 2. The summed E-state index contributed by atoms with van der Waals surface area (Å²) in [4.78, 5) is 27.7. The Labute approximate surface area is 145 Å². The first kappa shape index (κ1) is 18.4. The van der Waals surface area contributed by atoms with Crippen molar-refractivity contribution in [2.24, 2.45) is 0 Å². The largest absolute Gasteiger partial charge is 0.384 e. The van der Waals surface area contributed by atoms with Gasteiger partial charge in [0.25, 0.3) is 5.91 Å². The molecule has 1 heterocycles. The van der Waals surface area contributed by atoms with Crippen LogP contribution in [0.4, 0.5) is 10.5 Å². The van der Waals surface area contributed by atoms with Crippen LogP contribution in [0.3, 0.4) is 0 Å². The van der Waals surface area contributed by atoms with E-state index in [0.717, 1.165) is 5.56 Å². The summed E-state index contributed by atoms with van der Waals surface area (Å²) in [6.45, 7) is 2.42. The van der Waals surface area contributed by atoms with E-state index in [9.17, 15) is 9.59 Å². The molecule has 2 aromatic rings. The topological polar surface area (TPSA) is 118 Å². The predicted octanol–water partition coefficient (Wildman–Crippen LogP) is 1.25. The summed E-state index contributed by atoms with van der Waals surface area (Å²) < 4.78 is 9.97. The third-order valence-corrected chi connectivity index (χ3v) is 3.40. The van der Waals surface area contributed by atoms with Gasteiger partial charge in [0.05, 0.1) is 13.2 Å². The van der Waals surface area contributed by atoms with Crippen LogP contribution in [0, 0.1) is 6.92 Å². The van der Waals surface area contributed by atoms with Crippen molar-refractivity contribution in [2.75, 3.05) is 26.1 Å². The van der Waals surface area contributed by atoms with Gasteiger partial charge in [0.15, 0.2) is 5.82 Å². The van der Waals surface area contributed by atoms with E-state index in [0.29, 0.717) is 36.0 Å². The maximum atomic E-state index is 12.0. The van der Waals surface area contributed by atoms with Crippen molar-refractivity contribution < 1.29 is 18.8 Å². The molecule has 0 aliphatic rings. The van der Waals surface area contributed by atoms with Gasteiger partial charge in [-0.05, 0) is 30.7 Å². The number of rotatable bonds is 7. The van der Waals surface area contributed by atoms with Crippen LogP contribution < -0.4 is 16.0 Å². The number of aryl methyl sites for hydroxylation is 1. The van der Waals surface area contributed by atoms with Crippen LogP contribution in [0.2, 0.25) is 0 Å². The highest BCUT2D eigenvalue weighted by Gasteiger charge is 2.10. The monoisotopic (exact) mass is 347 g/mol. The second-order valence-electron chi connectivity index (χ2n) is 5.26. The summed E-state index contributed by atoms with van der Waals surface area (Å²) in [5, 5.41) is 11.7. The number of hydrogen-bond acceptors (Lipinski definition) is 6. The van der Waals surface area contributed by atoms with E-state index in [1.807, 2.05) is 6.92 Å². The molecule has 1 aromatic heterocycles. The maximum absolute atomic E-state index is 12.0. The van der Waals surface area contributed by atoms with E-state index >= 15 is 0 Å². The molecule has 0 saturated carbocycles. The van der Waals surface area contributed by atoms with Crippen molar-refractivity contribution >= 4 is 17.6 Å². The number of hydrogen-bond donors (Lipinski definition) is 3. The fourth-order valence-electron chi connectivity index (χ4n) is 2.07. The van der Waals surface area contributed by atoms with E-state index in [2.05, 4.69) is 26.1 Å². The standard InChI is InChI=1S/C16H21N5O4/c1-10-8-11(15(22)17-2)4-5-12(10)19-16(23)18-9-14-20-13(21-25-14)6-7-24-3/h4-5,8H,6-7,9H2,1-3H3,(H,17,22)(H2,18,19,23). The van der Waals surface area contributed by atoms with Gasteiger partial charge in [-0.15, -0.1) is 0 Å². The lowest BCUT2D eigenvalue weighted by molar-refractivity contribution is 0.0963. The molecule has 25 heavy (non-hydrogen) atoms. The zero-order valence-corrected chi connectivity index (χ0v) is 14.4. The normalized spacial score (nSPS) is 10.4. The number of ether oxygens (including phenoxy) is 1. The van der Waals surface area contributed by atoms with Crippen LogP contribution in [0.5, 0.6) is 0 Å². The first-order valence-corrected chi connectivity index (χ1v) is 7.71. The summed E-state index contributed by atoms with van der Waals surface area (Å²) in [5.74, 6) is 0.660. The van der Waals surface area contributed by atoms with Gasteiger partial charge in [-0.1, -0.05) is 5.16 Å². The Morgan fingerprint density at radius 1 is 1.32 bits per heavy atom. The molecule has 3 amide bonds. The van der Waals surface area contributed by atoms with Gasteiger partial charge in [0, 0.05) is 31.8 Å². The van der Waals surface area contributed by atoms with Gasteiger partial charge in [0.2, 0.25) is 5.89 Å². The van der Waals surface area contributed by atoms with Crippen molar-refractivity contribution in [1.82, 2.24) is 20.8 Å². The summed E-state index contributed by atoms with van der Waals surface area (Å²) in [6, 6.07) is 4.61. The number of nitrogens with one attached hydrogen (secondary N) is 3. The van der Waals surface area contributed by atoms with Gasteiger partial charge in [-0.25, -0.2) is 4.79 Å². The Balaban J connectivity index is 1.87. The minimum absolute atomic E-state index is 0.112. The van der Waals surface area contributed by atoms with Crippen molar-refractivity contribution in [3.63, 3.8) is 0 Å². The van der Waals surface area contributed by atoms with Gasteiger partial charge in [0.1, 0.15) is 0 Å². The van der Waals surface area contributed by atoms with E-state index in [4.69, 9.17) is 9.26 Å². The zero-order valence-electron chi connectivity index (χ0n) is 14.4. The van der Waals surface area contributed by atoms with Gasteiger partial charge in [-0.2, -0.15) is 4.98 Å². The lowest BCUT2D eigenvalue weighted by atomic mass is 10.1. The number of anilines is 1. The second-order valence-corrected chi connectivity index (χ2v) is 5.26. The Morgan fingerprint density at radius 3 is 2.80 bits per heavy atom. The van der Waals surface area contributed by atoms with Gasteiger partial charge < -0.3 is 25.2 Å². The zero-order chi connectivity index (χ0) is 18.2. The molecular formula is C16H21N5O4. The summed E-state index contributed by atoms with van der Waals surface area (Å²) in [5.41, 5.74) is 1.91. The molecule has 0 spiro atoms. The highest BCUT2D eigenvalue weighted by molar-refractivity contribution is 5.96. The number of nitrogens with zero attached hydrogens (tertiary/aromatic N) is 2. The lowest BCUT2D eigenvalue weighted by Gasteiger charge is -2.10. The van der Waals surface area contributed by atoms with Crippen LogP contribution in [-0.2, 0) is 17.7 Å². The SMILES string of the molecule is CNC(=O)c1ccc(NC(=O)NCc2nc(CCOC)no2)c(C)c1. The quantitative estimate of drug-likeness (QED) is 0.694. The Kier molecular flexibility index (Phi) is 6.47. The number of urea groups is 1. The lowest BCUT2D eigenvalue weighted by Crippen LogP contribution is -2.28. The molecule has 9 nitrogen and oxygen atoms in total. The molecule has 0 fully saturated rings. The molecule has 3 N–H and O–H groups in total. The molecular weight excluding hydrogens is 326 g/mol. The van der Waals surface area contributed by atoms with Crippen molar-refractivity contribution in [3.8, 4) is 0 Å². The van der Waals surface area contributed by atoms with Crippen LogP contribution in [0.25, 0.3) is 0 Å². The second kappa shape index (κ2) is 8.78. The minimum Gasteiger partial charge on any atom is -0.384 e. The van der Waals surface area contributed by atoms with Crippen LogP contribution in [0.1, 0.15) is 27.6 Å². The Bertz CT molecular complexity index is 744. The average Bonchev–Trinajstić information content (AvgIpc) is 3.07. The van der Waals surface area contributed by atoms with E-state index < -0.39 is 6.03 Å². The van der Waals surface area contributed by atoms with E-state index in [-0.39, 0.29) is 12.5 Å². The predicted molar refractivity (Wildman–Crippen MR) is 90.3 cm³/mol. The highest BCUT2D eigenvalue weighted by atomic mass is 16.5. The molecule has 0 aliphatic heterocycles.